The van der Waals surface area contributed by atoms with E-state index < -0.39 is 0 Å². The van der Waals surface area contributed by atoms with Crippen molar-refractivity contribution in [2.75, 3.05) is 6.61 Å². The molecule has 0 aromatic carbocycles. The molecule has 0 radical (unpaired) electrons. The van der Waals surface area contributed by atoms with Crippen LogP contribution in [0.25, 0.3) is 0 Å². The van der Waals surface area contributed by atoms with Crippen LogP contribution in [0.2, 0.25) is 0 Å². The van der Waals surface area contributed by atoms with E-state index in [4.69, 9.17) is 4.74 Å². The Morgan fingerprint density at radius 1 is 1.40 bits per heavy atom. The summed E-state index contributed by atoms with van der Waals surface area (Å²) in [6.45, 7) is 2.20. The zero-order chi connectivity index (χ0) is 14.1. The number of carbonyl (C=O) groups is 2. The number of hydrogen-bond donors (Lipinski definition) is 2. The van der Waals surface area contributed by atoms with Gasteiger partial charge >= 0.3 is 0 Å². The summed E-state index contributed by atoms with van der Waals surface area (Å²) in [5.74, 6) is 0.263. The molecule has 1 aromatic heterocycles. The Labute approximate surface area is 121 Å². The van der Waals surface area contributed by atoms with Gasteiger partial charge in [0.2, 0.25) is 11.8 Å². The zero-order valence-electron chi connectivity index (χ0n) is 11.3. The van der Waals surface area contributed by atoms with Gasteiger partial charge in [0.1, 0.15) is 0 Å². The number of nitrogens with one attached hydrogen (secondary N) is 2. The van der Waals surface area contributed by atoms with Crippen molar-refractivity contribution in [2.24, 2.45) is 5.92 Å². The fourth-order valence-corrected chi connectivity index (χ4v) is 3.82. The molecule has 0 spiro atoms. The molecule has 4 atom stereocenters. The van der Waals surface area contributed by atoms with Crippen molar-refractivity contribution in [3.63, 3.8) is 0 Å². The van der Waals surface area contributed by atoms with Crippen LogP contribution in [0.3, 0.4) is 0 Å². The van der Waals surface area contributed by atoms with Crippen molar-refractivity contribution >= 4 is 23.2 Å². The maximum Gasteiger partial charge on any atom is 0.225 e. The molecular formula is C14H18N2O3S. The second kappa shape index (κ2) is 5.54. The van der Waals surface area contributed by atoms with Crippen molar-refractivity contribution in [3.05, 3.63) is 22.4 Å². The number of amides is 2. The first kappa shape index (κ1) is 13.6. The second-order valence-electron chi connectivity index (χ2n) is 5.36. The van der Waals surface area contributed by atoms with E-state index in [2.05, 4.69) is 10.6 Å². The van der Waals surface area contributed by atoms with Crippen molar-refractivity contribution in [1.29, 1.82) is 0 Å². The molecule has 2 aliphatic rings. The average molecular weight is 294 g/mol. The quantitative estimate of drug-likeness (QED) is 0.859. The van der Waals surface area contributed by atoms with Gasteiger partial charge in [-0.1, -0.05) is 6.07 Å². The Kier molecular flexibility index (Phi) is 3.76. The number of fused-ring (bicyclic) bond motifs is 1. The van der Waals surface area contributed by atoms with Gasteiger partial charge in [-0.25, -0.2) is 0 Å². The van der Waals surface area contributed by atoms with Crippen LogP contribution in [-0.2, 0) is 20.7 Å². The standard InChI is InChI=1S/C14H18N2O3S/c1-8(17)15-13-12(10-4-5-19-14(10)13)16-11(18)7-9-3-2-6-20-9/h2-3,6,10,12-14H,4-5,7H2,1H3,(H,15,17)(H,16,18)/t10-,12+,13-,14-/m0/s1. The van der Waals surface area contributed by atoms with E-state index in [9.17, 15) is 9.59 Å². The summed E-state index contributed by atoms with van der Waals surface area (Å²) in [5.41, 5.74) is 0. The molecule has 1 saturated heterocycles. The predicted octanol–water partition coefficient (Wildman–Crippen LogP) is 0.699. The van der Waals surface area contributed by atoms with E-state index in [1.165, 1.54) is 6.92 Å². The molecular weight excluding hydrogens is 276 g/mol. The van der Waals surface area contributed by atoms with Gasteiger partial charge in [0.05, 0.1) is 24.6 Å². The van der Waals surface area contributed by atoms with Gasteiger partial charge in [-0.3, -0.25) is 9.59 Å². The molecule has 6 heteroatoms. The van der Waals surface area contributed by atoms with Crippen LogP contribution in [0.5, 0.6) is 0 Å². The fraction of sp³-hybridized carbons (Fsp3) is 0.571. The Morgan fingerprint density at radius 2 is 2.25 bits per heavy atom. The predicted molar refractivity (Wildman–Crippen MR) is 75.4 cm³/mol. The van der Waals surface area contributed by atoms with Crippen LogP contribution in [0.4, 0.5) is 0 Å². The number of ether oxygens (including phenoxy) is 1. The molecule has 1 aromatic rings. The molecule has 0 unspecified atom stereocenters. The molecule has 0 bridgehead atoms. The summed E-state index contributed by atoms with van der Waals surface area (Å²) in [7, 11) is 0. The lowest BCUT2D eigenvalue weighted by Crippen LogP contribution is -2.70. The highest BCUT2D eigenvalue weighted by Gasteiger charge is 2.54. The molecule has 108 valence electrons. The number of carbonyl (C=O) groups excluding carboxylic acids is 2. The van der Waals surface area contributed by atoms with Crippen LogP contribution in [0, 0.1) is 5.92 Å². The highest BCUT2D eigenvalue weighted by Crippen LogP contribution is 2.39. The minimum absolute atomic E-state index is 0.00105. The largest absolute Gasteiger partial charge is 0.376 e. The first-order valence-corrected chi connectivity index (χ1v) is 7.73. The lowest BCUT2D eigenvalue weighted by Gasteiger charge is -2.47. The zero-order valence-corrected chi connectivity index (χ0v) is 12.1. The smallest absolute Gasteiger partial charge is 0.225 e. The SMILES string of the molecule is CC(=O)N[C@H]1[C@H](NC(=O)Cc2cccs2)[C@@H]2CCO[C@@H]21. The van der Waals surface area contributed by atoms with Crippen molar-refractivity contribution < 1.29 is 14.3 Å². The van der Waals surface area contributed by atoms with Crippen LogP contribution in [0.1, 0.15) is 18.2 Å². The molecule has 20 heavy (non-hydrogen) atoms. The van der Waals surface area contributed by atoms with Gasteiger partial charge in [0.25, 0.3) is 0 Å². The topological polar surface area (TPSA) is 67.4 Å². The number of thiophene rings is 1. The van der Waals surface area contributed by atoms with E-state index in [1.54, 1.807) is 11.3 Å². The molecule has 2 amide bonds. The number of hydrogen-bond acceptors (Lipinski definition) is 4. The molecule has 1 saturated carbocycles. The van der Waals surface area contributed by atoms with Gasteiger partial charge in [-0.2, -0.15) is 0 Å². The Hall–Kier alpha value is -1.40. The van der Waals surface area contributed by atoms with Crippen molar-refractivity contribution in [1.82, 2.24) is 10.6 Å². The van der Waals surface area contributed by atoms with Gasteiger partial charge in [0.15, 0.2) is 0 Å². The van der Waals surface area contributed by atoms with Gasteiger partial charge in [-0.15, -0.1) is 11.3 Å². The summed E-state index contributed by atoms with van der Waals surface area (Å²) in [4.78, 5) is 24.4. The van der Waals surface area contributed by atoms with Crippen molar-refractivity contribution in [3.8, 4) is 0 Å². The fourth-order valence-electron chi connectivity index (χ4n) is 3.12. The summed E-state index contributed by atoms with van der Waals surface area (Å²) < 4.78 is 5.62. The molecule has 1 aliphatic heterocycles. The van der Waals surface area contributed by atoms with Gasteiger partial charge < -0.3 is 15.4 Å². The van der Waals surface area contributed by atoms with E-state index in [0.29, 0.717) is 18.9 Å². The lowest BCUT2D eigenvalue weighted by atomic mass is 9.71. The molecule has 2 heterocycles. The molecule has 3 rings (SSSR count). The van der Waals surface area contributed by atoms with Crippen molar-refractivity contribution in [2.45, 2.75) is 38.0 Å². The highest BCUT2D eigenvalue weighted by atomic mass is 32.1. The monoisotopic (exact) mass is 294 g/mol. The maximum atomic E-state index is 12.1. The Morgan fingerprint density at radius 3 is 2.95 bits per heavy atom. The van der Waals surface area contributed by atoms with Crippen LogP contribution in [-0.4, -0.2) is 36.6 Å². The van der Waals surface area contributed by atoms with E-state index >= 15 is 0 Å². The van der Waals surface area contributed by atoms with Crippen LogP contribution >= 0.6 is 11.3 Å². The minimum Gasteiger partial charge on any atom is -0.376 e. The highest BCUT2D eigenvalue weighted by molar-refractivity contribution is 7.10. The molecule has 5 nitrogen and oxygen atoms in total. The molecule has 2 fully saturated rings. The summed E-state index contributed by atoms with van der Waals surface area (Å²) in [6.07, 6.45) is 1.41. The maximum absolute atomic E-state index is 12.1. The summed E-state index contributed by atoms with van der Waals surface area (Å²) >= 11 is 1.58. The number of rotatable bonds is 4. The first-order valence-electron chi connectivity index (χ1n) is 6.85. The Bertz CT molecular complexity index is 503. The minimum atomic E-state index is -0.0905. The summed E-state index contributed by atoms with van der Waals surface area (Å²) in [5, 5.41) is 7.91. The Balaban J connectivity index is 1.60. The van der Waals surface area contributed by atoms with Gasteiger partial charge in [-0.05, 0) is 17.9 Å². The third-order valence-electron chi connectivity index (χ3n) is 4.00. The third kappa shape index (κ3) is 2.58. The molecule has 2 N–H and O–H groups in total. The van der Waals surface area contributed by atoms with Crippen LogP contribution < -0.4 is 10.6 Å². The normalized spacial score (nSPS) is 31.2. The van der Waals surface area contributed by atoms with E-state index in [0.717, 1.165) is 11.3 Å². The van der Waals surface area contributed by atoms with E-state index in [1.807, 2.05) is 17.5 Å². The average Bonchev–Trinajstić information content (AvgIpc) is 3.02. The third-order valence-corrected chi connectivity index (χ3v) is 4.87. The molecule has 1 aliphatic carbocycles. The van der Waals surface area contributed by atoms with Crippen LogP contribution in [0.15, 0.2) is 17.5 Å². The second-order valence-corrected chi connectivity index (χ2v) is 6.40. The summed E-state index contributed by atoms with van der Waals surface area (Å²) in [6, 6.07) is 3.81. The van der Waals surface area contributed by atoms with E-state index in [-0.39, 0.29) is 30.0 Å². The van der Waals surface area contributed by atoms with Gasteiger partial charge in [0, 0.05) is 24.3 Å². The first-order chi connectivity index (χ1) is 9.65. The lowest BCUT2D eigenvalue weighted by molar-refractivity contribution is -0.129.